The monoisotopic (exact) mass is 367 g/mol. The summed E-state index contributed by atoms with van der Waals surface area (Å²) in [5.74, 6) is 0.660. The Morgan fingerprint density at radius 3 is 2.52 bits per heavy atom. The number of hydrogen-bond acceptors (Lipinski definition) is 3. The third-order valence-electron chi connectivity index (χ3n) is 3.27. The molecule has 0 aliphatic rings. The summed E-state index contributed by atoms with van der Waals surface area (Å²) in [6.45, 7) is 5.79. The van der Waals surface area contributed by atoms with Crippen LogP contribution in [-0.2, 0) is 13.0 Å². The van der Waals surface area contributed by atoms with Gasteiger partial charge >= 0.3 is 0 Å². The highest BCUT2D eigenvalue weighted by Crippen LogP contribution is 2.20. The first-order valence-corrected chi connectivity index (χ1v) is 8.92. The van der Waals surface area contributed by atoms with Crippen LogP contribution in [0.2, 0.25) is 0 Å². The number of hydrogen-bond donors (Lipinski definition) is 2. The molecule has 2 nitrogen and oxygen atoms in total. The number of halogens is 1. The van der Waals surface area contributed by atoms with Gasteiger partial charge in [0, 0.05) is 27.8 Å². The van der Waals surface area contributed by atoms with Crippen molar-refractivity contribution in [2.45, 2.75) is 32.9 Å². The number of thiophene rings is 1. The first-order chi connectivity index (χ1) is 10.0. The van der Waals surface area contributed by atoms with E-state index in [4.69, 9.17) is 0 Å². The molecule has 21 heavy (non-hydrogen) atoms. The molecule has 0 bridgehead atoms. The van der Waals surface area contributed by atoms with Crippen LogP contribution in [0.5, 0.6) is 0 Å². The topological polar surface area (TPSA) is 32.3 Å². The Labute approximate surface area is 139 Å². The van der Waals surface area contributed by atoms with Gasteiger partial charge in [-0.1, -0.05) is 38.1 Å². The van der Waals surface area contributed by atoms with Crippen LogP contribution >= 0.6 is 27.3 Å². The third-order valence-corrected chi connectivity index (χ3v) is 4.96. The maximum Gasteiger partial charge on any atom is 0.0914 e. The molecular weight excluding hydrogens is 346 g/mol. The fourth-order valence-electron chi connectivity index (χ4n) is 2.24. The van der Waals surface area contributed by atoms with E-state index >= 15 is 0 Å². The quantitative estimate of drug-likeness (QED) is 0.753. The van der Waals surface area contributed by atoms with Gasteiger partial charge in [0.25, 0.3) is 0 Å². The molecule has 0 amide bonds. The molecule has 1 unspecified atom stereocenters. The maximum absolute atomic E-state index is 10.2. The lowest BCUT2D eigenvalue weighted by Gasteiger charge is -2.13. The molecule has 2 N–H and O–H groups in total. The Morgan fingerprint density at radius 2 is 1.95 bits per heavy atom. The van der Waals surface area contributed by atoms with Gasteiger partial charge in [-0.25, -0.2) is 0 Å². The SMILES string of the molecule is CC(C)Cc1ccc(C(O)CNCc2cc(Br)cs2)cc1. The summed E-state index contributed by atoms with van der Waals surface area (Å²) >= 11 is 5.16. The average Bonchev–Trinajstić information content (AvgIpc) is 2.84. The number of aliphatic hydroxyl groups excluding tert-OH is 1. The van der Waals surface area contributed by atoms with Crippen molar-refractivity contribution in [1.82, 2.24) is 5.32 Å². The Balaban J connectivity index is 1.81. The Morgan fingerprint density at radius 1 is 1.24 bits per heavy atom. The lowest BCUT2D eigenvalue weighted by Crippen LogP contribution is -2.20. The first kappa shape index (κ1) is 16.7. The summed E-state index contributed by atoms with van der Waals surface area (Å²) in [6.07, 6.45) is 0.628. The average molecular weight is 368 g/mol. The molecule has 4 heteroatoms. The second-order valence-corrected chi connectivity index (χ2v) is 7.63. The zero-order valence-corrected chi connectivity index (χ0v) is 14.9. The molecular formula is C17H22BrNOS. The Hall–Kier alpha value is -0.680. The third kappa shape index (κ3) is 5.55. The van der Waals surface area contributed by atoms with Crippen LogP contribution < -0.4 is 5.32 Å². The molecule has 0 aliphatic carbocycles. The summed E-state index contributed by atoms with van der Waals surface area (Å²) in [5.41, 5.74) is 2.31. The molecule has 0 spiro atoms. The zero-order valence-electron chi connectivity index (χ0n) is 12.5. The van der Waals surface area contributed by atoms with E-state index in [1.165, 1.54) is 10.4 Å². The van der Waals surface area contributed by atoms with Crippen molar-refractivity contribution in [3.05, 3.63) is 56.2 Å². The minimum Gasteiger partial charge on any atom is -0.387 e. The van der Waals surface area contributed by atoms with Gasteiger partial charge in [0.15, 0.2) is 0 Å². The van der Waals surface area contributed by atoms with Crippen LogP contribution in [-0.4, -0.2) is 11.7 Å². The number of aliphatic hydroxyl groups is 1. The number of benzene rings is 1. The van der Waals surface area contributed by atoms with E-state index in [-0.39, 0.29) is 0 Å². The Kier molecular flexibility index (Phi) is 6.42. The summed E-state index contributed by atoms with van der Waals surface area (Å²) in [6, 6.07) is 10.4. The highest BCUT2D eigenvalue weighted by molar-refractivity contribution is 9.10. The standard InChI is InChI=1S/C17H22BrNOS/c1-12(2)7-13-3-5-14(6-4-13)17(20)10-19-9-16-8-15(18)11-21-16/h3-6,8,11-12,17,19-20H,7,9-10H2,1-2H3. The summed E-state index contributed by atoms with van der Waals surface area (Å²) in [5, 5.41) is 15.6. The lowest BCUT2D eigenvalue weighted by molar-refractivity contribution is 0.174. The first-order valence-electron chi connectivity index (χ1n) is 7.25. The molecule has 1 atom stereocenters. The van der Waals surface area contributed by atoms with Gasteiger partial charge in [0.2, 0.25) is 0 Å². The van der Waals surface area contributed by atoms with Gasteiger partial charge in [-0.15, -0.1) is 11.3 Å². The molecule has 1 aromatic carbocycles. The fraction of sp³-hybridized carbons (Fsp3) is 0.412. The Bertz CT molecular complexity index is 550. The van der Waals surface area contributed by atoms with Crippen molar-refractivity contribution in [3.8, 4) is 0 Å². The predicted molar refractivity (Wildman–Crippen MR) is 93.7 cm³/mol. The van der Waals surface area contributed by atoms with Crippen LogP contribution in [0, 0.1) is 5.92 Å². The minimum atomic E-state index is -0.457. The van der Waals surface area contributed by atoms with Crippen LogP contribution in [0.4, 0.5) is 0 Å². The normalized spacial score (nSPS) is 12.8. The fourth-order valence-corrected chi connectivity index (χ4v) is 3.66. The van der Waals surface area contributed by atoms with Crippen LogP contribution in [0.1, 0.15) is 36.0 Å². The van der Waals surface area contributed by atoms with Gasteiger partial charge in [0.05, 0.1) is 6.10 Å². The van der Waals surface area contributed by atoms with Gasteiger partial charge < -0.3 is 10.4 Å². The van der Waals surface area contributed by atoms with E-state index < -0.39 is 6.10 Å². The molecule has 0 aliphatic heterocycles. The highest BCUT2D eigenvalue weighted by Gasteiger charge is 2.08. The largest absolute Gasteiger partial charge is 0.387 e. The van der Waals surface area contributed by atoms with Gasteiger partial charge in [-0.3, -0.25) is 0 Å². The van der Waals surface area contributed by atoms with Crippen molar-refractivity contribution in [2.75, 3.05) is 6.54 Å². The maximum atomic E-state index is 10.2. The molecule has 1 heterocycles. The molecule has 1 aromatic heterocycles. The molecule has 0 saturated heterocycles. The van der Waals surface area contributed by atoms with E-state index in [1.807, 2.05) is 12.1 Å². The summed E-state index contributed by atoms with van der Waals surface area (Å²) in [7, 11) is 0. The van der Waals surface area contributed by atoms with E-state index in [1.54, 1.807) is 11.3 Å². The van der Waals surface area contributed by atoms with E-state index in [2.05, 4.69) is 58.7 Å². The predicted octanol–water partition coefficient (Wildman–Crippen LogP) is 4.53. The van der Waals surface area contributed by atoms with Crippen LogP contribution in [0.15, 0.2) is 40.2 Å². The van der Waals surface area contributed by atoms with Crippen molar-refractivity contribution < 1.29 is 5.11 Å². The van der Waals surface area contributed by atoms with Gasteiger partial charge in [0.1, 0.15) is 0 Å². The summed E-state index contributed by atoms with van der Waals surface area (Å²) in [4.78, 5) is 1.27. The van der Waals surface area contributed by atoms with Crippen molar-refractivity contribution in [3.63, 3.8) is 0 Å². The van der Waals surface area contributed by atoms with E-state index in [0.717, 1.165) is 23.0 Å². The molecule has 114 valence electrons. The number of nitrogens with one attached hydrogen (secondary N) is 1. The van der Waals surface area contributed by atoms with Crippen molar-refractivity contribution in [2.24, 2.45) is 5.92 Å². The second-order valence-electron chi connectivity index (χ2n) is 5.72. The van der Waals surface area contributed by atoms with Crippen molar-refractivity contribution in [1.29, 1.82) is 0 Å². The van der Waals surface area contributed by atoms with Gasteiger partial charge in [-0.2, -0.15) is 0 Å². The number of rotatable bonds is 7. The molecule has 2 aromatic rings. The van der Waals surface area contributed by atoms with Crippen LogP contribution in [0.3, 0.4) is 0 Å². The van der Waals surface area contributed by atoms with E-state index in [0.29, 0.717) is 12.5 Å². The molecule has 2 rings (SSSR count). The molecule has 0 saturated carbocycles. The molecule has 0 radical (unpaired) electrons. The van der Waals surface area contributed by atoms with Gasteiger partial charge in [-0.05, 0) is 45.5 Å². The van der Waals surface area contributed by atoms with E-state index in [9.17, 15) is 5.11 Å². The highest BCUT2D eigenvalue weighted by atomic mass is 79.9. The van der Waals surface area contributed by atoms with Crippen molar-refractivity contribution >= 4 is 27.3 Å². The minimum absolute atomic E-state index is 0.457. The smallest absolute Gasteiger partial charge is 0.0914 e. The lowest BCUT2D eigenvalue weighted by atomic mass is 10.0. The van der Waals surface area contributed by atoms with Crippen LogP contribution in [0.25, 0.3) is 0 Å². The molecule has 0 fully saturated rings. The zero-order chi connectivity index (χ0) is 15.2. The summed E-state index contributed by atoms with van der Waals surface area (Å²) < 4.78 is 1.12. The second kappa shape index (κ2) is 8.08.